The molecule has 2 fully saturated rings. The average Bonchev–Trinajstić information content (AvgIpc) is 2.92. The molecule has 2 saturated carbocycles. The SMILES string of the molecule is CC(NC1CC2CCC1C2)c1ncc(Br)s1. The molecule has 3 rings (SSSR count). The molecule has 0 saturated heterocycles. The van der Waals surface area contributed by atoms with Crippen LogP contribution in [0.1, 0.15) is 43.7 Å². The van der Waals surface area contributed by atoms with E-state index < -0.39 is 0 Å². The van der Waals surface area contributed by atoms with E-state index in [1.807, 2.05) is 6.20 Å². The zero-order chi connectivity index (χ0) is 11.1. The van der Waals surface area contributed by atoms with Gasteiger partial charge in [0, 0.05) is 6.04 Å². The number of thiazole rings is 1. The standard InChI is InChI=1S/C12H17BrN2S/c1-7(12-14-6-11(13)16-12)15-10-5-8-2-3-9(10)4-8/h6-10,15H,2-5H2,1H3. The minimum atomic E-state index is 0.403. The lowest BCUT2D eigenvalue weighted by Crippen LogP contribution is -2.35. The number of nitrogens with one attached hydrogen (secondary N) is 1. The maximum Gasteiger partial charge on any atom is 0.110 e. The first-order valence-corrected chi connectivity index (χ1v) is 7.70. The summed E-state index contributed by atoms with van der Waals surface area (Å²) in [5, 5.41) is 4.97. The Morgan fingerprint density at radius 1 is 1.50 bits per heavy atom. The Kier molecular flexibility index (Phi) is 3.07. The lowest BCUT2D eigenvalue weighted by atomic mass is 9.95. The molecule has 16 heavy (non-hydrogen) atoms. The molecule has 0 radical (unpaired) electrons. The second-order valence-electron chi connectivity index (χ2n) is 5.17. The van der Waals surface area contributed by atoms with Crippen molar-refractivity contribution in [3.8, 4) is 0 Å². The number of rotatable bonds is 3. The van der Waals surface area contributed by atoms with E-state index in [9.17, 15) is 0 Å². The zero-order valence-electron chi connectivity index (χ0n) is 9.45. The number of fused-ring (bicyclic) bond motifs is 2. The third-order valence-electron chi connectivity index (χ3n) is 4.07. The van der Waals surface area contributed by atoms with E-state index in [1.54, 1.807) is 11.3 Å². The molecule has 4 unspecified atom stereocenters. The van der Waals surface area contributed by atoms with Gasteiger partial charge in [0.2, 0.25) is 0 Å². The normalized spacial score (nSPS) is 34.5. The molecule has 1 N–H and O–H groups in total. The second kappa shape index (κ2) is 4.39. The summed E-state index contributed by atoms with van der Waals surface area (Å²) in [7, 11) is 0. The van der Waals surface area contributed by atoms with Crippen molar-refractivity contribution in [1.82, 2.24) is 10.3 Å². The molecule has 0 aromatic carbocycles. The average molecular weight is 301 g/mol. The summed E-state index contributed by atoms with van der Waals surface area (Å²) in [6, 6.07) is 1.15. The molecular formula is C12H17BrN2S. The monoisotopic (exact) mass is 300 g/mol. The van der Waals surface area contributed by atoms with Gasteiger partial charge in [0.1, 0.15) is 5.01 Å². The van der Waals surface area contributed by atoms with Crippen molar-refractivity contribution in [2.24, 2.45) is 11.8 Å². The van der Waals surface area contributed by atoms with E-state index in [1.165, 1.54) is 30.7 Å². The van der Waals surface area contributed by atoms with Crippen molar-refractivity contribution in [2.45, 2.75) is 44.7 Å². The summed E-state index contributed by atoms with van der Waals surface area (Å²) < 4.78 is 1.13. The topological polar surface area (TPSA) is 24.9 Å². The van der Waals surface area contributed by atoms with Crippen LogP contribution in [0.5, 0.6) is 0 Å². The number of halogens is 1. The van der Waals surface area contributed by atoms with E-state index in [4.69, 9.17) is 0 Å². The van der Waals surface area contributed by atoms with Crippen LogP contribution in [0.15, 0.2) is 9.98 Å². The first kappa shape index (κ1) is 11.2. The van der Waals surface area contributed by atoms with Crippen LogP contribution in [0.2, 0.25) is 0 Å². The molecule has 0 aliphatic heterocycles. The van der Waals surface area contributed by atoms with Gasteiger partial charge in [0.15, 0.2) is 0 Å². The van der Waals surface area contributed by atoms with Gasteiger partial charge in [-0.15, -0.1) is 11.3 Å². The first-order chi connectivity index (χ1) is 7.72. The molecule has 2 bridgehead atoms. The Hall–Kier alpha value is 0.0700. The van der Waals surface area contributed by atoms with E-state index in [0.29, 0.717) is 6.04 Å². The third kappa shape index (κ3) is 2.07. The van der Waals surface area contributed by atoms with Crippen molar-refractivity contribution in [3.63, 3.8) is 0 Å². The predicted octanol–water partition coefficient (Wildman–Crippen LogP) is 3.74. The van der Waals surface area contributed by atoms with E-state index in [0.717, 1.165) is 21.7 Å². The Bertz CT molecular complexity index is 379. The largest absolute Gasteiger partial charge is 0.305 e. The summed E-state index contributed by atoms with van der Waals surface area (Å²) in [4.78, 5) is 4.43. The zero-order valence-corrected chi connectivity index (χ0v) is 11.9. The minimum Gasteiger partial charge on any atom is -0.305 e. The van der Waals surface area contributed by atoms with Crippen LogP contribution in [-0.2, 0) is 0 Å². The highest BCUT2D eigenvalue weighted by Gasteiger charge is 2.39. The minimum absolute atomic E-state index is 0.403. The Morgan fingerprint density at radius 3 is 2.94 bits per heavy atom. The summed E-state index contributed by atoms with van der Waals surface area (Å²) in [5.74, 6) is 1.95. The van der Waals surface area contributed by atoms with Gasteiger partial charge >= 0.3 is 0 Å². The van der Waals surface area contributed by atoms with Crippen molar-refractivity contribution in [1.29, 1.82) is 0 Å². The van der Waals surface area contributed by atoms with Crippen molar-refractivity contribution in [2.75, 3.05) is 0 Å². The van der Waals surface area contributed by atoms with Crippen LogP contribution >= 0.6 is 27.3 Å². The molecule has 2 aliphatic carbocycles. The smallest absolute Gasteiger partial charge is 0.110 e. The van der Waals surface area contributed by atoms with Crippen LogP contribution < -0.4 is 5.32 Å². The van der Waals surface area contributed by atoms with Crippen LogP contribution in [-0.4, -0.2) is 11.0 Å². The molecular weight excluding hydrogens is 284 g/mol. The summed E-state index contributed by atoms with van der Waals surface area (Å²) >= 11 is 5.22. The van der Waals surface area contributed by atoms with Gasteiger partial charge in [-0.25, -0.2) is 4.98 Å². The highest BCUT2D eigenvalue weighted by molar-refractivity contribution is 9.11. The van der Waals surface area contributed by atoms with Crippen molar-refractivity contribution < 1.29 is 0 Å². The molecule has 88 valence electrons. The fraction of sp³-hybridized carbons (Fsp3) is 0.750. The van der Waals surface area contributed by atoms with Crippen LogP contribution in [0.3, 0.4) is 0 Å². The predicted molar refractivity (Wildman–Crippen MR) is 70.6 cm³/mol. The molecule has 2 nitrogen and oxygen atoms in total. The molecule has 1 heterocycles. The van der Waals surface area contributed by atoms with E-state index in [-0.39, 0.29) is 0 Å². The second-order valence-corrected chi connectivity index (χ2v) is 7.61. The number of aromatic nitrogens is 1. The fourth-order valence-corrected chi connectivity index (χ4v) is 4.56. The van der Waals surface area contributed by atoms with Crippen LogP contribution in [0, 0.1) is 11.8 Å². The summed E-state index contributed by atoms with van der Waals surface area (Å²) in [6.07, 6.45) is 7.67. The van der Waals surface area contributed by atoms with Gasteiger partial charge in [0.05, 0.1) is 16.0 Å². The number of hydrogen-bond acceptors (Lipinski definition) is 3. The molecule has 4 atom stereocenters. The first-order valence-electron chi connectivity index (χ1n) is 6.09. The van der Waals surface area contributed by atoms with Gasteiger partial charge in [-0.05, 0) is 54.0 Å². The third-order valence-corrected chi connectivity index (χ3v) is 5.73. The van der Waals surface area contributed by atoms with Crippen LogP contribution in [0.4, 0.5) is 0 Å². The maximum absolute atomic E-state index is 4.43. The number of hydrogen-bond donors (Lipinski definition) is 1. The van der Waals surface area contributed by atoms with Gasteiger partial charge < -0.3 is 5.32 Å². The van der Waals surface area contributed by atoms with Gasteiger partial charge in [-0.2, -0.15) is 0 Å². The Labute approximate surface area is 109 Å². The molecule has 0 amide bonds. The summed E-state index contributed by atoms with van der Waals surface area (Å²) in [5.41, 5.74) is 0. The Balaban J connectivity index is 1.62. The highest BCUT2D eigenvalue weighted by Crippen LogP contribution is 2.45. The molecule has 1 aromatic rings. The molecule has 1 aromatic heterocycles. The van der Waals surface area contributed by atoms with Crippen molar-refractivity contribution >= 4 is 27.3 Å². The van der Waals surface area contributed by atoms with Gasteiger partial charge in [-0.3, -0.25) is 0 Å². The molecule has 0 spiro atoms. The lowest BCUT2D eigenvalue weighted by molar-refractivity contribution is 0.326. The summed E-state index contributed by atoms with van der Waals surface area (Å²) in [6.45, 7) is 2.23. The van der Waals surface area contributed by atoms with E-state index in [2.05, 4.69) is 33.2 Å². The lowest BCUT2D eigenvalue weighted by Gasteiger charge is -2.25. The highest BCUT2D eigenvalue weighted by atomic mass is 79.9. The fourth-order valence-electron chi connectivity index (χ4n) is 3.31. The molecule has 4 heteroatoms. The van der Waals surface area contributed by atoms with Crippen LogP contribution in [0.25, 0.3) is 0 Å². The quantitative estimate of drug-likeness (QED) is 0.920. The Morgan fingerprint density at radius 2 is 2.38 bits per heavy atom. The van der Waals surface area contributed by atoms with E-state index >= 15 is 0 Å². The number of nitrogens with zero attached hydrogens (tertiary/aromatic N) is 1. The molecule has 2 aliphatic rings. The van der Waals surface area contributed by atoms with Crippen molar-refractivity contribution in [3.05, 3.63) is 15.0 Å². The van der Waals surface area contributed by atoms with Gasteiger partial charge in [0.25, 0.3) is 0 Å². The van der Waals surface area contributed by atoms with Gasteiger partial charge in [-0.1, -0.05) is 6.42 Å². The maximum atomic E-state index is 4.43.